The number of hydrogen-bond donors (Lipinski definition) is 1. The number of aliphatic carboxylic acids is 1. The molecule has 0 aliphatic heterocycles. The van der Waals surface area contributed by atoms with Crippen molar-refractivity contribution in [3.05, 3.63) is 0 Å². The minimum absolute atomic E-state index is 0.145. The van der Waals surface area contributed by atoms with Crippen LogP contribution in [0.1, 0.15) is 103 Å². The van der Waals surface area contributed by atoms with Crippen LogP contribution in [0.4, 0.5) is 0 Å². The summed E-state index contributed by atoms with van der Waals surface area (Å²) < 4.78 is 0. The predicted molar refractivity (Wildman–Crippen MR) is 85.0 cm³/mol. The van der Waals surface area contributed by atoms with Gasteiger partial charge in [-0.2, -0.15) is 0 Å². The van der Waals surface area contributed by atoms with Crippen molar-refractivity contribution in [2.24, 2.45) is 5.41 Å². The molecule has 1 fully saturated rings. The summed E-state index contributed by atoms with van der Waals surface area (Å²) in [7, 11) is 0. The van der Waals surface area contributed by atoms with Gasteiger partial charge in [-0.1, -0.05) is 77.6 Å². The van der Waals surface area contributed by atoms with E-state index in [0.29, 0.717) is 6.42 Å². The van der Waals surface area contributed by atoms with E-state index in [4.69, 9.17) is 5.11 Å². The van der Waals surface area contributed by atoms with Gasteiger partial charge >= 0.3 is 5.97 Å². The van der Waals surface area contributed by atoms with Crippen LogP contribution in [0.25, 0.3) is 0 Å². The fourth-order valence-electron chi connectivity index (χ4n) is 3.77. The van der Waals surface area contributed by atoms with E-state index in [9.17, 15) is 4.79 Å². The average molecular weight is 282 g/mol. The van der Waals surface area contributed by atoms with Crippen LogP contribution in [-0.4, -0.2) is 11.1 Å². The first-order valence-electron chi connectivity index (χ1n) is 8.90. The molecule has 0 unspecified atom stereocenters. The normalized spacial score (nSPS) is 18.1. The summed E-state index contributed by atoms with van der Waals surface area (Å²) in [4.78, 5) is 11.1. The third kappa shape index (κ3) is 7.31. The van der Waals surface area contributed by atoms with Crippen LogP contribution in [-0.2, 0) is 4.79 Å². The van der Waals surface area contributed by atoms with Gasteiger partial charge in [-0.3, -0.25) is 4.79 Å². The second-order valence-corrected chi connectivity index (χ2v) is 6.86. The number of carbonyl (C=O) groups is 1. The smallest absolute Gasteiger partial charge is 0.303 e. The molecule has 1 rings (SSSR count). The van der Waals surface area contributed by atoms with E-state index >= 15 is 0 Å². The highest BCUT2D eigenvalue weighted by Gasteiger charge is 2.33. The van der Waals surface area contributed by atoms with Crippen LogP contribution in [0, 0.1) is 5.41 Å². The van der Waals surface area contributed by atoms with E-state index in [1.165, 1.54) is 70.6 Å². The summed E-state index contributed by atoms with van der Waals surface area (Å²) >= 11 is 0. The highest BCUT2D eigenvalue weighted by Crippen LogP contribution is 2.43. The molecule has 0 aromatic carbocycles. The fraction of sp³-hybridized carbons (Fsp3) is 0.944. The molecule has 0 spiro atoms. The van der Waals surface area contributed by atoms with Gasteiger partial charge in [0.25, 0.3) is 0 Å². The molecule has 20 heavy (non-hydrogen) atoms. The van der Waals surface area contributed by atoms with Gasteiger partial charge < -0.3 is 5.11 Å². The fourth-order valence-corrected chi connectivity index (χ4v) is 3.77. The molecule has 1 aliphatic carbocycles. The van der Waals surface area contributed by atoms with Crippen molar-refractivity contribution in [3.63, 3.8) is 0 Å². The van der Waals surface area contributed by atoms with E-state index in [2.05, 4.69) is 6.92 Å². The first-order valence-corrected chi connectivity index (χ1v) is 8.90. The SMILES string of the molecule is CCCCCCCCCCC1(CC(=O)O)CCCCC1. The molecule has 1 N–H and O–H groups in total. The van der Waals surface area contributed by atoms with Crippen molar-refractivity contribution < 1.29 is 9.90 Å². The Morgan fingerprint density at radius 2 is 1.45 bits per heavy atom. The Morgan fingerprint density at radius 1 is 0.900 bits per heavy atom. The van der Waals surface area contributed by atoms with Gasteiger partial charge in [0.15, 0.2) is 0 Å². The summed E-state index contributed by atoms with van der Waals surface area (Å²) in [5, 5.41) is 9.15. The summed E-state index contributed by atoms with van der Waals surface area (Å²) in [5.74, 6) is -0.591. The van der Waals surface area contributed by atoms with Crippen molar-refractivity contribution >= 4 is 5.97 Å². The minimum Gasteiger partial charge on any atom is -0.481 e. The van der Waals surface area contributed by atoms with Crippen molar-refractivity contribution in [1.82, 2.24) is 0 Å². The first kappa shape index (κ1) is 17.5. The van der Waals surface area contributed by atoms with Gasteiger partial charge in [0.05, 0.1) is 6.42 Å². The quantitative estimate of drug-likeness (QED) is 0.476. The molecule has 0 amide bonds. The maximum Gasteiger partial charge on any atom is 0.303 e. The largest absolute Gasteiger partial charge is 0.481 e. The third-order valence-corrected chi connectivity index (χ3v) is 5.00. The molecule has 0 radical (unpaired) electrons. The van der Waals surface area contributed by atoms with Crippen molar-refractivity contribution in [2.75, 3.05) is 0 Å². The first-order chi connectivity index (χ1) is 9.68. The standard InChI is InChI=1S/C18H34O2/c1-2-3-4-5-6-7-8-10-13-18(16-17(19)20)14-11-9-12-15-18/h2-16H2,1H3,(H,19,20). The Bertz CT molecular complexity index is 254. The summed E-state index contributed by atoms with van der Waals surface area (Å²) in [6.07, 6.45) is 18.3. The zero-order chi connectivity index (χ0) is 14.7. The molecule has 1 saturated carbocycles. The van der Waals surface area contributed by atoms with Crippen LogP contribution < -0.4 is 0 Å². The molecule has 0 heterocycles. The predicted octanol–water partition coefficient (Wildman–Crippen LogP) is 5.94. The van der Waals surface area contributed by atoms with Gasteiger partial charge in [0.2, 0.25) is 0 Å². The van der Waals surface area contributed by atoms with Gasteiger partial charge in [-0.05, 0) is 24.7 Å². The van der Waals surface area contributed by atoms with Crippen molar-refractivity contribution in [1.29, 1.82) is 0 Å². The number of unbranched alkanes of at least 4 members (excludes halogenated alkanes) is 7. The Kier molecular flexibility index (Phi) is 8.97. The van der Waals surface area contributed by atoms with Crippen LogP contribution in [0.3, 0.4) is 0 Å². The van der Waals surface area contributed by atoms with Crippen molar-refractivity contribution in [2.45, 2.75) is 103 Å². The molecule has 2 heteroatoms. The van der Waals surface area contributed by atoms with Crippen LogP contribution in [0.2, 0.25) is 0 Å². The highest BCUT2D eigenvalue weighted by molar-refractivity contribution is 5.67. The Labute approximate surface area is 125 Å². The third-order valence-electron chi connectivity index (χ3n) is 5.00. The lowest BCUT2D eigenvalue weighted by Crippen LogP contribution is -2.27. The maximum absolute atomic E-state index is 11.1. The van der Waals surface area contributed by atoms with Gasteiger partial charge in [0, 0.05) is 0 Å². The lowest BCUT2D eigenvalue weighted by Gasteiger charge is -2.36. The second-order valence-electron chi connectivity index (χ2n) is 6.86. The molecule has 1 aliphatic rings. The molecule has 2 nitrogen and oxygen atoms in total. The summed E-state index contributed by atoms with van der Waals surface area (Å²) in [6, 6.07) is 0. The average Bonchev–Trinajstić information content (AvgIpc) is 2.42. The Balaban J connectivity index is 2.14. The van der Waals surface area contributed by atoms with E-state index in [-0.39, 0.29) is 5.41 Å². The molecule has 0 saturated heterocycles. The zero-order valence-electron chi connectivity index (χ0n) is 13.5. The Hall–Kier alpha value is -0.530. The van der Waals surface area contributed by atoms with Gasteiger partial charge in [-0.15, -0.1) is 0 Å². The lowest BCUT2D eigenvalue weighted by molar-refractivity contribution is -0.140. The van der Waals surface area contributed by atoms with E-state index in [1.54, 1.807) is 0 Å². The van der Waals surface area contributed by atoms with Crippen LogP contribution >= 0.6 is 0 Å². The van der Waals surface area contributed by atoms with E-state index in [0.717, 1.165) is 19.3 Å². The molecular formula is C18H34O2. The molecular weight excluding hydrogens is 248 g/mol. The molecule has 0 atom stereocenters. The van der Waals surface area contributed by atoms with E-state index < -0.39 is 5.97 Å². The number of carboxylic acids is 1. The maximum atomic E-state index is 11.1. The number of rotatable bonds is 11. The topological polar surface area (TPSA) is 37.3 Å². The molecule has 0 bridgehead atoms. The molecule has 0 aromatic rings. The van der Waals surface area contributed by atoms with Crippen LogP contribution in [0.15, 0.2) is 0 Å². The Morgan fingerprint density at radius 3 is 2.00 bits per heavy atom. The van der Waals surface area contributed by atoms with Gasteiger partial charge in [-0.25, -0.2) is 0 Å². The lowest BCUT2D eigenvalue weighted by atomic mass is 9.69. The number of carboxylic acid groups (broad SMARTS) is 1. The monoisotopic (exact) mass is 282 g/mol. The minimum atomic E-state index is -0.591. The zero-order valence-corrected chi connectivity index (χ0v) is 13.5. The number of hydrogen-bond acceptors (Lipinski definition) is 1. The van der Waals surface area contributed by atoms with E-state index in [1.807, 2.05) is 0 Å². The van der Waals surface area contributed by atoms with Crippen molar-refractivity contribution in [3.8, 4) is 0 Å². The highest BCUT2D eigenvalue weighted by atomic mass is 16.4. The van der Waals surface area contributed by atoms with Crippen LogP contribution in [0.5, 0.6) is 0 Å². The molecule has 118 valence electrons. The molecule has 0 aromatic heterocycles. The second kappa shape index (κ2) is 10.2. The van der Waals surface area contributed by atoms with Gasteiger partial charge in [0.1, 0.15) is 0 Å². The summed E-state index contributed by atoms with van der Waals surface area (Å²) in [5.41, 5.74) is 0.145. The summed E-state index contributed by atoms with van der Waals surface area (Å²) in [6.45, 7) is 2.26.